The zero-order chi connectivity index (χ0) is 8.69. The van der Waals surface area contributed by atoms with Gasteiger partial charge in [-0.25, -0.2) is 0 Å². The fourth-order valence-electron chi connectivity index (χ4n) is 0.839. The van der Waals surface area contributed by atoms with Gasteiger partial charge in [0.25, 0.3) is 0 Å². The van der Waals surface area contributed by atoms with Crippen molar-refractivity contribution in [1.82, 2.24) is 0 Å². The minimum atomic E-state index is 0.641. The number of aryl methyl sites for hydroxylation is 1. The first kappa shape index (κ1) is 10.2. The van der Waals surface area contributed by atoms with Crippen LogP contribution < -0.4 is 5.73 Å². The van der Waals surface area contributed by atoms with Gasteiger partial charge in [0.15, 0.2) is 0 Å². The van der Waals surface area contributed by atoms with Crippen LogP contribution in [0.5, 0.6) is 0 Å². The highest BCUT2D eigenvalue weighted by atomic mass is 14.5. The Hall–Kier alpha value is -0.820. The first-order chi connectivity index (χ1) is 5.33. The lowest BCUT2D eigenvalue weighted by molar-refractivity contribution is 1.07. The lowest BCUT2D eigenvalue weighted by Gasteiger charge is -1.95. The molecule has 0 atom stereocenters. The smallest absolute Gasteiger partial charge is 0.0178 e. The molecule has 1 aromatic carbocycles. The molecule has 0 fully saturated rings. The van der Waals surface area contributed by atoms with Gasteiger partial charge in [0.1, 0.15) is 0 Å². The quantitative estimate of drug-likeness (QED) is 0.655. The van der Waals surface area contributed by atoms with Gasteiger partial charge < -0.3 is 5.73 Å². The van der Waals surface area contributed by atoms with Crippen LogP contribution in [0.25, 0.3) is 0 Å². The molecule has 0 saturated heterocycles. The second kappa shape index (κ2) is 5.93. The van der Waals surface area contributed by atoms with E-state index in [1.165, 1.54) is 11.1 Å². The van der Waals surface area contributed by atoms with Crippen molar-refractivity contribution in [2.75, 3.05) is 0 Å². The fraction of sp³-hybridized carbons (Fsp3) is 0.400. The molecular formula is C10H17N. The standard InChI is InChI=1S/C8H11N.C2H6/c1-7-3-2-4-8(5-7)6-9;1-2/h2-5H,6,9H2,1H3;1-2H3. The molecule has 2 N–H and O–H groups in total. The number of hydrogen-bond donors (Lipinski definition) is 1. The number of rotatable bonds is 1. The highest BCUT2D eigenvalue weighted by molar-refractivity contribution is 5.21. The molecular weight excluding hydrogens is 134 g/mol. The average molecular weight is 151 g/mol. The van der Waals surface area contributed by atoms with E-state index < -0.39 is 0 Å². The Morgan fingerprint density at radius 2 is 1.91 bits per heavy atom. The van der Waals surface area contributed by atoms with Crippen LogP contribution in [0.2, 0.25) is 0 Å². The van der Waals surface area contributed by atoms with Crippen LogP contribution in [0.1, 0.15) is 25.0 Å². The van der Waals surface area contributed by atoms with Crippen molar-refractivity contribution in [3.63, 3.8) is 0 Å². The maximum absolute atomic E-state index is 5.42. The molecule has 0 saturated carbocycles. The molecule has 0 bridgehead atoms. The summed E-state index contributed by atoms with van der Waals surface area (Å²) >= 11 is 0. The Morgan fingerprint density at radius 3 is 2.27 bits per heavy atom. The lowest BCUT2D eigenvalue weighted by Crippen LogP contribution is -1.95. The first-order valence-corrected chi connectivity index (χ1v) is 4.08. The number of benzene rings is 1. The predicted octanol–water partition coefficient (Wildman–Crippen LogP) is 2.48. The van der Waals surface area contributed by atoms with Crippen molar-refractivity contribution < 1.29 is 0 Å². The van der Waals surface area contributed by atoms with Crippen LogP contribution in [0.4, 0.5) is 0 Å². The van der Waals surface area contributed by atoms with E-state index in [4.69, 9.17) is 5.73 Å². The van der Waals surface area contributed by atoms with E-state index in [1.54, 1.807) is 0 Å². The summed E-state index contributed by atoms with van der Waals surface area (Å²) in [7, 11) is 0. The molecule has 0 heterocycles. The summed E-state index contributed by atoms with van der Waals surface area (Å²) in [6.07, 6.45) is 0. The lowest BCUT2D eigenvalue weighted by atomic mass is 10.1. The van der Waals surface area contributed by atoms with Gasteiger partial charge in [-0.05, 0) is 12.5 Å². The number of nitrogens with two attached hydrogens (primary N) is 1. The van der Waals surface area contributed by atoms with Gasteiger partial charge in [0.2, 0.25) is 0 Å². The van der Waals surface area contributed by atoms with Gasteiger partial charge in [-0.2, -0.15) is 0 Å². The van der Waals surface area contributed by atoms with E-state index in [2.05, 4.69) is 19.1 Å². The molecule has 1 aromatic rings. The normalized spacial score (nSPS) is 8.36. The van der Waals surface area contributed by atoms with E-state index in [-0.39, 0.29) is 0 Å². The van der Waals surface area contributed by atoms with Gasteiger partial charge in [-0.3, -0.25) is 0 Å². The van der Waals surface area contributed by atoms with E-state index in [0.717, 1.165) is 0 Å². The Kier molecular flexibility index (Phi) is 5.49. The minimum absolute atomic E-state index is 0.641. The van der Waals surface area contributed by atoms with Gasteiger partial charge in [0.05, 0.1) is 0 Å². The molecule has 0 radical (unpaired) electrons. The average Bonchev–Trinajstić information content (AvgIpc) is 2.08. The summed E-state index contributed by atoms with van der Waals surface area (Å²) in [6.45, 7) is 6.71. The highest BCUT2D eigenvalue weighted by Crippen LogP contribution is 2.01. The van der Waals surface area contributed by atoms with Crippen LogP contribution in [0.3, 0.4) is 0 Å². The topological polar surface area (TPSA) is 26.0 Å². The maximum atomic E-state index is 5.42. The second-order valence-electron chi connectivity index (χ2n) is 2.19. The van der Waals surface area contributed by atoms with Crippen LogP contribution in [-0.4, -0.2) is 0 Å². The SMILES string of the molecule is CC.Cc1cccc(CN)c1. The molecule has 0 aromatic heterocycles. The summed E-state index contributed by atoms with van der Waals surface area (Å²) < 4.78 is 0. The van der Waals surface area contributed by atoms with Gasteiger partial charge >= 0.3 is 0 Å². The Morgan fingerprint density at radius 1 is 1.27 bits per heavy atom. The van der Waals surface area contributed by atoms with Crippen LogP contribution in [-0.2, 0) is 6.54 Å². The summed E-state index contributed by atoms with van der Waals surface area (Å²) in [5.74, 6) is 0. The van der Waals surface area contributed by atoms with Crippen LogP contribution in [0, 0.1) is 6.92 Å². The third kappa shape index (κ3) is 3.79. The molecule has 0 spiro atoms. The summed E-state index contributed by atoms with van der Waals surface area (Å²) in [5, 5.41) is 0. The molecule has 62 valence electrons. The van der Waals surface area contributed by atoms with Crippen LogP contribution >= 0.6 is 0 Å². The van der Waals surface area contributed by atoms with Crippen molar-refractivity contribution in [2.45, 2.75) is 27.3 Å². The van der Waals surface area contributed by atoms with E-state index in [1.807, 2.05) is 26.0 Å². The molecule has 0 amide bonds. The zero-order valence-corrected chi connectivity index (χ0v) is 7.59. The van der Waals surface area contributed by atoms with Gasteiger partial charge in [-0.1, -0.05) is 43.7 Å². The van der Waals surface area contributed by atoms with Crippen molar-refractivity contribution in [3.05, 3.63) is 35.4 Å². The van der Waals surface area contributed by atoms with Crippen molar-refractivity contribution >= 4 is 0 Å². The molecule has 11 heavy (non-hydrogen) atoms. The first-order valence-electron chi connectivity index (χ1n) is 4.08. The molecule has 0 aliphatic rings. The third-order valence-corrected chi connectivity index (χ3v) is 1.32. The van der Waals surface area contributed by atoms with E-state index in [9.17, 15) is 0 Å². The zero-order valence-electron chi connectivity index (χ0n) is 7.59. The largest absolute Gasteiger partial charge is 0.326 e. The molecule has 0 aliphatic heterocycles. The van der Waals surface area contributed by atoms with Crippen LogP contribution in [0.15, 0.2) is 24.3 Å². The van der Waals surface area contributed by atoms with Crippen molar-refractivity contribution in [3.8, 4) is 0 Å². The predicted molar refractivity (Wildman–Crippen MR) is 50.4 cm³/mol. The molecule has 1 rings (SSSR count). The monoisotopic (exact) mass is 151 g/mol. The third-order valence-electron chi connectivity index (χ3n) is 1.32. The molecule has 0 unspecified atom stereocenters. The highest BCUT2D eigenvalue weighted by Gasteiger charge is 1.85. The summed E-state index contributed by atoms with van der Waals surface area (Å²) in [6, 6.07) is 8.23. The Labute approximate surface area is 69.2 Å². The summed E-state index contributed by atoms with van der Waals surface area (Å²) in [5.41, 5.74) is 7.90. The number of hydrogen-bond acceptors (Lipinski definition) is 1. The van der Waals surface area contributed by atoms with E-state index >= 15 is 0 Å². The van der Waals surface area contributed by atoms with Gasteiger partial charge in [0, 0.05) is 6.54 Å². The maximum Gasteiger partial charge on any atom is 0.0178 e. The minimum Gasteiger partial charge on any atom is -0.326 e. The fourth-order valence-corrected chi connectivity index (χ4v) is 0.839. The van der Waals surface area contributed by atoms with Gasteiger partial charge in [-0.15, -0.1) is 0 Å². The summed E-state index contributed by atoms with van der Waals surface area (Å²) in [4.78, 5) is 0. The second-order valence-corrected chi connectivity index (χ2v) is 2.19. The van der Waals surface area contributed by atoms with E-state index in [0.29, 0.717) is 6.54 Å². The molecule has 1 heteroatoms. The van der Waals surface area contributed by atoms with Crippen molar-refractivity contribution in [2.24, 2.45) is 5.73 Å². The van der Waals surface area contributed by atoms with Crippen molar-refractivity contribution in [1.29, 1.82) is 0 Å². The molecule has 0 aliphatic carbocycles. The Bertz CT molecular complexity index is 194. The molecule has 1 nitrogen and oxygen atoms in total. The Balaban J connectivity index is 0.000000461.